The minimum atomic E-state index is -0.106. The second kappa shape index (κ2) is 7.59. The van der Waals surface area contributed by atoms with Crippen molar-refractivity contribution in [3.63, 3.8) is 0 Å². The zero-order valence-electron chi connectivity index (χ0n) is 15.1. The molecule has 1 aromatic heterocycles. The average molecular weight is 430 g/mol. The largest absolute Gasteiger partial charge is 0.342 e. The number of amides is 1. The van der Waals surface area contributed by atoms with Gasteiger partial charge < -0.3 is 9.88 Å². The van der Waals surface area contributed by atoms with Crippen LogP contribution in [0.3, 0.4) is 0 Å². The fourth-order valence-corrected chi connectivity index (χ4v) is 4.16. The molecule has 1 fully saturated rings. The standard InChI is InChI=1S/C21H17Cl2N3OS/c1-2-26-20(27)18(24-21(26)28)9-14-12-25(19-6-4-3-5-16(14)19)11-13-7-8-15(22)10-17(13)23/h3-10,12H,2,11H2,1H3,(H,24,28)/b18-9+. The van der Waals surface area contributed by atoms with E-state index < -0.39 is 0 Å². The van der Waals surface area contributed by atoms with E-state index in [4.69, 9.17) is 35.4 Å². The first-order valence-corrected chi connectivity index (χ1v) is 10.0. The highest BCUT2D eigenvalue weighted by atomic mass is 35.5. The number of hydrogen-bond donors (Lipinski definition) is 1. The number of nitrogens with zero attached hydrogens (tertiary/aromatic N) is 2. The molecule has 0 bridgehead atoms. The van der Waals surface area contributed by atoms with Crippen LogP contribution >= 0.6 is 35.4 Å². The second-order valence-corrected chi connectivity index (χ2v) is 7.73. The summed E-state index contributed by atoms with van der Waals surface area (Å²) in [5.74, 6) is -0.106. The van der Waals surface area contributed by atoms with Crippen LogP contribution in [0.25, 0.3) is 17.0 Å². The molecule has 0 atom stereocenters. The van der Waals surface area contributed by atoms with Crippen molar-refractivity contribution >= 4 is 63.4 Å². The molecule has 0 unspecified atom stereocenters. The van der Waals surface area contributed by atoms with Gasteiger partial charge in [-0.2, -0.15) is 0 Å². The summed E-state index contributed by atoms with van der Waals surface area (Å²) in [5, 5.41) is 5.74. The van der Waals surface area contributed by atoms with Crippen LogP contribution in [0.1, 0.15) is 18.1 Å². The summed E-state index contributed by atoms with van der Waals surface area (Å²) in [6.07, 6.45) is 3.88. The Balaban J connectivity index is 1.76. The van der Waals surface area contributed by atoms with Crippen LogP contribution in [-0.2, 0) is 11.3 Å². The third-order valence-electron chi connectivity index (χ3n) is 4.75. The smallest absolute Gasteiger partial charge is 0.276 e. The lowest BCUT2D eigenvalue weighted by molar-refractivity contribution is -0.122. The molecule has 28 heavy (non-hydrogen) atoms. The Labute approximate surface area is 178 Å². The maximum absolute atomic E-state index is 12.5. The van der Waals surface area contributed by atoms with Crippen molar-refractivity contribution in [2.45, 2.75) is 13.5 Å². The van der Waals surface area contributed by atoms with Crippen molar-refractivity contribution in [2.75, 3.05) is 6.54 Å². The number of halogens is 2. The molecule has 1 saturated heterocycles. The average Bonchev–Trinajstić information content (AvgIpc) is 3.15. The van der Waals surface area contributed by atoms with Gasteiger partial charge in [0.2, 0.25) is 0 Å². The predicted octanol–water partition coefficient (Wildman–Crippen LogP) is 5.07. The molecule has 0 spiro atoms. The van der Waals surface area contributed by atoms with Crippen LogP contribution in [-0.4, -0.2) is 27.0 Å². The normalized spacial score (nSPS) is 15.7. The molecule has 0 radical (unpaired) electrons. The summed E-state index contributed by atoms with van der Waals surface area (Å²) in [5.41, 5.74) is 3.46. The molecule has 4 nitrogen and oxygen atoms in total. The van der Waals surface area contributed by atoms with Gasteiger partial charge in [-0.15, -0.1) is 0 Å². The van der Waals surface area contributed by atoms with E-state index in [1.54, 1.807) is 11.0 Å². The number of benzene rings is 2. The van der Waals surface area contributed by atoms with Gasteiger partial charge in [-0.05, 0) is 49.0 Å². The Hall–Kier alpha value is -2.34. The first-order valence-electron chi connectivity index (χ1n) is 8.84. The quantitative estimate of drug-likeness (QED) is 0.464. The molecule has 2 aromatic carbocycles. The number of hydrogen-bond acceptors (Lipinski definition) is 2. The van der Waals surface area contributed by atoms with Crippen molar-refractivity contribution < 1.29 is 4.79 Å². The third kappa shape index (κ3) is 3.41. The van der Waals surface area contributed by atoms with E-state index in [9.17, 15) is 4.79 Å². The molecular formula is C21H17Cl2N3OS. The molecule has 0 saturated carbocycles. The van der Waals surface area contributed by atoms with Gasteiger partial charge in [0.25, 0.3) is 5.91 Å². The number of carbonyl (C=O) groups excluding carboxylic acids is 1. The zero-order chi connectivity index (χ0) is 19.8. The Morgan fingerprint density at radius 1 is 1.18 bits per heavy atom. The lowest BCUT2D eigenvalue weighted by atomic mass is 10.1. The Morgan fingerprint density at radius 2 is 1.96 bits per heavy atom. The molecule has 1 aliphatic rings. The van der Waals surface area contributed by atoms with Gasteiger partial charge in [0.15, 0.2) is 5.11 Å². The van der Waals surface area contributed by atoms with Crippen LogP contribution < -0.4 is 5.32 Å². The van der Waals surface area contributed by atoms with Crippen molar-refractivity contribution in [3.05, 3.63) is 75.5 Å². The summed E-state index contributed by atoms with van der Waals surface area (Å²) in [6.45, 7) is 3.04. The molecule has 1 amide bonds. The van der Waals surface area contributed by atoms with Gasteiger partial charge in [0.05, 0.1) is 0 Å². The Morgan fingerprint density at radius 3 is 2.68 bits per heavy atom. The third-order valence-corrected chi connectivity index (χ3v) is 5.66. The predicted molar refractivity (Wildman–Crippen MR) is 119 cm³/mol. The van der Waals surface area contributed by atoms with Crippen molar-refractivity contribution in [3.8, 4) is 0 Å². The van der Waals surface area contributed by atoms with E-state index in [0.29, 0.717) is 33.9 Å². The number of rotatable bonds is 4. The summed E-state index contributed by atoms with van der Waals surface area (Å²) in [4.78, 5) is 14.1. The maximum Gasteiger partial charge on any atom is 0.276 e. The molecule has 142 valence electrons. The Bertz CT molecular complexity index is 1140. The number of aromatic nitrogens is 1. The monoisotopic (exact) mass is 429 g/mol. The summed E-state index contributed by atoms with van der Waals surface area (Å²) < 4.78 is 2.12. The fraction of sp³-hybridized carbons (Fsp3) is 0.143. The first-order chi connectivity index (χ1) is 13.5. The van der Waals surface area contributed by atoms with E-state index in [-0.39, 0.29) is 5.91 Å². The first kappa shape index (κ1) is 19.0. The minimum Gasteiger partial charge on any atom is -0.342 e. The number of nitrogens with one attached hydrogen (secondary N) is 1. The van der Waals surface area contributed by atoms with Crippen molar-refractivity contribution in [2.24, 2.45) is 0 Å². The number of carbonyl (C=O) groups is 1. The topological polar surface area (TPSA) is 37.3 Å². The Kier molecular flexibility index (Phi) is 5.15. The molecule has 4 rings (SSSR count). The zero-order valence-corrected chi connectivity index (χ0v) is 17.4. The van der Waals surface area contributed by atoms with Crippen LogP contribution in [0, 0.1) is 0 Å². The second-order valence-electron chi connectivity index (χ2n) is 6.50. The van der Waals surface area contributed by atoms with Crippen LogP contribution in [0.15, 0.2) is 54.4 Å². The van der Waals surface area contributed by atoms with E-state index >= 15 is 0 Å². The van der Waals surface area contributed by atoms with Crippen LogP contribution in [0.5, 0.6) is 0 Å². The lowest BCUT2D eigenvalue weighted by Gasteiger charge is -2.08. The van der Waals surface area contributed by atoms with Crippen LogP contribution in [0.2, 0.25) is 10.0 Å². The van der Waals surface area contributed by atoms with Crippen LogP contribution in [0.4, 0.5) is 0 Å². The highest BCUT2D eigenvalue weighted by Crippen LogP contribution is 2.28. The van der Waals surface area contributed by atoms with Crippen molar-refractivity contribution in [1.82, 2.24) is 14.8 Å². The molecule has 3 aromatic rings. The highest BCUT2D eigenvalue weighted by Gasteiger charge is 2.29. The highest BCUT2D eigenvalue weighted by molar-refractivity contribution is 7.80. The van der Waals surface area contributed by atoms with Gasteiger partial charge in [0, 0.05) is 45.8 Å². The van der Waals surface area contributed by atoms with Gasteiger partial charge >= 0.3 is 0 Å². The summed E-state index contributed by atoms with van der Waals surface area (Å²) >= 11 is 17.6. The minimum absolute atomic E-state index is 0.106. The van der Waals surface area contributed by atoms with Crippen molar-refractivity contribution in [1.29, 1.82) is 0 Å². The van der Waals surface area contributed by atoms with Gasteiger partial charge in [-0.3, -0.25) is 9.69 Å². The SMILES string of the molecule is CCN1C(=O)/C(=C\c2cn(Cc3ccc(Cl)cc3Cl)c3ccccc23)NC1=S. The lowest BCUT2D eigenvalue weighted by Crippen LogP contribution is -2.30. The number of fused-ring (bicyclic) bond motifs is 1. The fourth-order valence-electron chi connectivity index (χ4n) is 3.37. The number of likely N-dealkylation sites (N-methyl/N-ethyl adjacent to an activating group) is 1. The molecule has 0 aliphatic carbocycles. The maximum atomic E-state index is 12.5. The number of para-hydroxylation sites is 1. The summed E-state index contributed by atoms with van der Waals surface area (Å²) in [7, 11) is 0. The van der Waals surface area contributed by atoms with Gasteiger partial charge in [-0.1, -0.05) is 47.5 Å². The summed E-state index contributed by atoms with van der Waals surface area (Å²) in [6, 6.07) is 13.6. The molecule has 1 N–H and O–H groups in total. The molecule has 7 heteroatoms. The van der Waals surface area contributed by atoms with E-state index in [2.05, 4.69) is 9.88 Å². The van der Waals surface area contributed by atoms with E-state index in [0.717, 1.165) is 22.0 Å². The molecular weight excluding hydrogens is 413 g/mol. The van der Waals surface area contributed by atoms with Gasteiger partial charge in [0.1, 0.15) is 5.70 Å². The van der Waals surface area contributed by atoms with E-state index in [1.165, 1.54) is 0 Å². The number of thiocarbonyl (C=S) groups is 1. The molecule has 2 heterocycles. The van der Waals surface area contributed by atoms with E-state index in [1.807, 2.05) is 55.6 Å². The van der Waals surface area contributed by atoms with Gasteiger partial charge in [-0.25, -0.2) is 0 Å². The molecule has 1 aliphatic heterocycles.